The third kappa shape index (κ3) is 4.14. The monoisotopic (exact) mass is 435 g/mol. The molecule has 1 amide bonds. The van der Waals surface area contributed by atoms with Crippen molar-refractivity contribution in [2.75, 3.05) is 31.1 Å². The van der Waals surface area contributed by atoms with Gasteiger partial charge in [-0.3, -0.25) is 9.78 Å². The highest BCUT2D eigenvalue weighted by atomic mass is 19.4. The van der Waals surface area contributed by atoms with Crippen LogP contribution in [0, 0.1) is 17.2 Å². The van der Waals surface area contributed by atoms with Gasteiger partial charge in [-0.2, -0.15) is 18.4 Å². The predicted molar refractivity (Wildman–Crippen MR) is 106 cm³/mol. The lowest BCUT2D eigenvalue weighted by Gasteiger charge is -2.41. The molecule has 0 saturated carbocycles. The summed E-state index contributed by atoms with van der Waals surface area (Å²) in [4.78, 5) is 18.2. The van der Waals surface area contributed by atoms with Gasteiger partial charge in [-0.1, -0.05) is 0 Å². The summed E-state index contributed by atoms with van der Waals surface area (Å²) in [7, 11) is 0. The van der Waals surface area contributed by atoms with Crippen LogP contribution in [-0.2, 0) is 4.79 Å². The molecule has 0 spiro atoms. The van der Waals surface area contributed by atoms with Gasteiger partial charge in [0.2, 0.25) is 5.67 Å². The second-order valence-corrected chi connectivity index (χ2v) is 8.09. The lowest BCUT2D eigenvalue weighted by atomic mass is 9.91. The fraction of sp³-hybridized carbons (Fsp3) is 0.476. The summed E-state index contributed by atoms with van der Waals surface area (Å²) >= 11 is 0. The van der Waals surface area contributed by atoms with E-state index < -0.39 is 29.7 Å². The molecule has 6 nitrogen and oxygen atoms in total. The van der Waals surface area contributed by atoms with Crippen LogP contribution in [0.4, 0.5) is 23.2 Å². The molecular formula is C21H21F4N5O. The normalized spacial score (nSPS) is 26.6. The third-order valence-electron chi connectivity index (χ3n) is 5.97. The van der Waals surface area contributed by atoms with Gasteiger partial charge in [0, 0.05) is 49.4 Å². The molecule has 2 N–H and O–H groups in total. The zero-order valence-electron chi connectivity index (χ0n) is 16.5. The topological polar surface area (TPSA) is 81.0 Å². The van der Waals surface area contributed by atoms with Crippen LogP contribution in [0.25, 0.3) is 10.9 Å². The van der Waals surface area contributed by atoms with E-state index in [1.54, 1.807) is 18.2 Å². The number of aromatic nitrogens is 1. The van der Waals surface area contributed by atoms with Crippen molar-refractivity contribution in [3.63, 3.8) is 0 Å². The molecule has 2 aliphatic rings. The minimum Gasteiger partial charge on any atom is -0.368 e. The Morgan fingerprint density at radius 1 is 1.32 bits per heavy atom. The molecule has 2 saturated heterocycles. The van der Waals surface area contributed by atoms with E-state index in [9.17, 15) is 27.6 Å². The SMILES string of the molecule is N#Cc1ccc(N2C[C@H](NC(=O)[C@@]3(F)CCNC3)C[C@H](C(F)(F)F)C2)c2cccnc12. The molecule has 0 radical (unpaired) electrons. The van der Waals surface area contributed by atoms with Crippen molar-refractivity contribution in [1.29, 1.82) is 5.26 Å². The van der Waals surface area contributed by atoms with E-state index in [4.69, 9.17) is 0 Å². The largest absolute Gasteiger partial charge is 0.393 e. The molecule has 1 aromatic carbocycles. The Kier molecular flexibility index (Phi) is 5.47. The molecule has 2 aliphatic heterocycles. The predicted octanol–water partition coefficient (Wildman–Crippen LogP) is 2.68. The maximum absolute atomic E-state index is 14.8. The minimum atomic E-state index is -4.47. The number of benzene rings is 1. The fourth-order valence-electron chi connectivity index (χ4n) is 4.33. The maximum atomic E-state index is 14.8. The zero-order valence-corrected chi connectivity index (χ0v) is 16.5. The van der Waals surface area contributed by atoms with E-state index in [0.717, 1.165) is 0 Å². The van der Waals surface area contributed by atoms with Crippen LogP contribution >= 0.6 is 0 Å². The van der Waals surface area contributed by atoms with Crippen molar-refractivity contribution in [3.8, 4) is 6.07 Å². The number of nitrogens with zero attached hydrogens (tertiary/aromatic N) is 3. The highest BCUT2D eigenvalue weighted by molar-refractivity contribution is 5.95. The van der Waals surface area contributed by atoms with Crippen LogP contribution in [-0.4, -0.2) is 55.0 Å². The lowest BCUT2D eigenvalue weighted by Crippen LogP contribution is -2.57. The number of rotatable bonds is 3. The number of hydrogen-bond donors (Lipinski definition) is 2. The average molecular weight is 435 g/mol. The van der Waals surface area contributed by atoms with Crippen LogP contribution in [0.2, 0.25) is 0 Å². The third-order valence-corrected chi connectivity index (χ3v) is 5.97. The number of amides is 1. The summed E-state index contributed by atoms with van der Waals surface area (Å²) in [5.74, 6) is -2.57. The first-order valence-corrected chi connectivity index (χ1v) is 10.0. The maximum Gasteiger partial charge on any atom is 0.393 e. The Balaban J connectivity index is 1.65. The average Bonchev–Trinajstić information content (AvgIpc) is 3.20. The highest BCUT2D eigenvalue weighted by Gasteiger charge is 2.47. The van der Waals surface area contributed by atoms with Crippen molar-refractivity contribution >= 4 is 22.5 Å². The molecule has 1 aromatic heterocycles. The summed E-state index contributed by atoms with van der Waals surface area (Å²) in [5, 5.41) is 15.1. The molecule has 3 atom stereocenters. The molecule has 3 heterocycles. The number of nitriles is 1. The minimum absolute atomic E-state index is 0.0100. The molecule has 10 heteroatoms. The number of halogens is 4. The van der Waals surface area contributed by atoms with Crippen LogP contribution in [0.5, 0.6) is 0 Å². The molecule has 0 aliphatic carbocycles. The van der Waals surface area contributed by atoms with Crippen molar-refractivity contribution < 1.29 is 22.4 Å². The Bertz CT molecular complexity index is 1030. The smallest absolute Gasteiger partial charge is 0.368 e. The van der Waals surface area contributed by atoms with Crippen LogP contribution in [0.1, 0.15) is 18.4 Å². The summed E-state index contributed by atoms with van der Waals surface area (Å²) in [6.07, 6.45) is -3.28. The first kappa shape index (κ1) is 21.3. The van der Waals surface area contributed by atoms with Gasteiger partial charge < -0.3 is 15.5 Å². The van der Waals surface area contributed by atoms with Crippen molar-refractivity contribution in [1.82, 2.24) is 15.6 Å². The molecule has 0 bridgehead atoms. The van der Waals surface area contributed by atoms with Crippen molar-refractivity contribution in [2.45, 2.75) is 30.7 Å². The van der Waals surface area contributed by atoms with Gasteiger partial charge in [0.05, 0.1) is 17.0 Å². The Labute approximate surface area is 176 Å². The van der Waals surface area contributed by atoms with Gasteiger partial charge in [0.1, 0.15) is 6.07 Å². The highest BCUT2D eigenvalue weighted by Crippen LogP contribution is 2.37. The number of alkyl halides is 4. The number of hydrogen-bond acceptors (Lipinski definition) is 5. The number of pyridine rings is 1. The summed E-state index contributed by atoms with van der Waals surface area (Å²) in [5.41, 5.74) is -0.896. The van der Waals surface area contributed by atoms with Gasteiger partial charge in [-0.15, -0.1) is 0 Å². The van der Waals surface area contributed by atoms with Crippen molar-refractivity contribution in [3.05, 3.63) is 36.0 Å². The van der Waals surface area contributed by atoms with E-state index in [0.29, 0.717) is 28.7 Å². The van der Waals surface area contributed by atoms with Crippen LogP contribution < -0.4 is 15.5 Å². The summed E-state index contributed by atoms with van der Waals surface area (Å²) in [6.45, 7) is -0.00811. The number of carbonyl (C=O) groups excluding carboxylic acids is 1. The first-order valence-electron chi connectivity index (χ1n) is 10.0. The summed E-state index contributed by atoms with van der Waals surface area (Å²) in [6, 6.07) is 7.63. The van der Waals surface area contributed by atoms with Crippen molar-refractivity contribution in [2.24, 2.45) is 5.92 Å². The fourth-order valence-corrected chi connectivity index (χ4v) is 4.33. The van der Waals surface area contributed by atoms with E-state index in [2.05, 4.69) is 15.6 Å². The molecule has 4 rings (SSSR count). The number of carbonyl (C=O) groups is 1. The van der Waals surface area contributed by atoms with Gasteiger partial charge >= 0.3 is 6.18 Å². The van der Waals surface area contributed by atoms with E-state index in [-0.39, 0.29) is 32.5 Å². The van der Waals surface area contributed by atoms with Gasteiger partial charge in [0.25, 0.3) is 5.91 Å². The number of piperidine rings is 1. The van der Waals surface area contributed by atoms with Gasteiger partial charge in [-0.05, 0) is 37.2 Å². The molecular weight excluding hydrogens is 414 g/mol. The number of nitrogens with one attached hydrogen (secondary N) is 2. The molecule has 164 valence electrons. The first-order chi connectivity index (χ1) is 14.7. The summed E-state index contributed by atoms with van der Waals surface area (Å²) < 4.78 is 55.8. The van der Waals surface area contributed by atoms with Crippen LogP contribution in [0.15, 0.2) is 30.5 Å². The Morgan fingerprint density at radius 3 is 2.81 bits per heavy atom. The molecule has 0 unspecified atom stereocenters. The van der Waals surface area contributed by atoms with Gasteiger partial charge in [-0.25, -0.2) is 4.39 Å². The van der Waals surface area contributed by atoms with Gasteiger partial charge in [0.15, 0.2) is 0 Å². The molecule has 2 fully saturated rings. The molecule has 2 aromatic rings. The Hall–Kier alpha value is -2.93. The lowest BCUT2D eigenvalue weighted by molar-refractivity contribution is -0.178. The van der Waals surface area contributed by atoms with E-state index in [1.807, 2.05) is 6.07 Å². The Morgan fingerprint density at radius 2 is 2.13 bits per heavy atom. The number of anilines is 1. The zero-order chi connectivity index (χ0) is 22.2. The number of fused-ring (bicyclic) bond motifs is 1. The quantitative estimate of drug-likeness (QED) is 0.725. The second kappa shape index (κ2) is 7.96. The second-order valence-electron chi connectivity index (χ2n) is 8.09. The van der Waals surface area contributed by atoms with E-state index >= 15 is 0 Å². The van der Waals surface area contributed by atoms with E-state index in [1.165, 1.54) is 17.2 Å². The standard InChI is InChI=1S/C21H21F4N5O/c22-20(5-7-27-12-20)19(31)29-15-8-14(21(23,24)25)10-30(11-15)17-4-3-13(9-26)18-16(17)2-1-6-28-18/h1-4,6,14-15,27H,5,7-8,10-12H2,(H,29,31)/t14-,15+,20+/m0/s1. The van der Waals surface area contributed by atoms with Crippen LogP contribution in [0.3, 0.4) is 0 Å². The molecule has 31 heavy (non-hydrogen) atoms.